The quantitative estimate of drug-likeness (QED) is 0.412. The summed E-state index contributed by atoms with van der Waals surface area (Å²) in [7, 11) is 0. The van der Waals surface area contributed by atoms with Crippen LogP contribution in [-0.2, 0) is 23.8 Å². The predicted molar refractivity (Wildman–Crippen MR) is 71.0 cm³/mol. The summed E-state index contributed by atoms with van der Waals surface area (Å²) in [5, 5.41) is 8.31. The first-order valence-electron chi connectivity index (χ1n) is 6.11. The molecule has 0 saturated heterocycles. The Hall–Kier alpha value is -1.40. The van der Waals surface area contributed by atoms with Crippen LogP contribution in [0.25, 0.3) is 0 Å². The van der Waals surface area contributed by atoms with Gasteiger partial charge in [-0.1, -0.05) is 6.58 Å². The van der Waals surface area contributed by atoms with E-state index in [0.29, 0.717) is 0 Å². The van der Waals surface area contributed by atoms with Crippen LogP contribution in [0.3, 0.4) is 0 Å². The summed E-state index contributed by atoms with van der Waals surface area (Å²) in [6.07, 6.45) is -1.11. The summed E-state index contributed by atoms with van der Waals surface area (Å²) in [6.45, 7) is 13.0. The van der Waals surface area contributed by atoms with E-state index in [1.165, 1.54) is 13.8 Å². The fraction of sp³-hybridized carbons (Fsp3) is 0.692. The molecule has 1 N–H and O–H groups in total. The molecule has 112 valence electrons. The van der Waals surface area contributed by atoms with Crippen molar-refractivity contribution in [1.29, 1.82) is 0 Å². The van der Waals surface area contributed by atoms with Crippen LogP contribution >= 0.6 is 0 Å². The van der Waals surface area contributed by atoms with E-state index in [1.807, 2.05) is 13.8 Å². The fourth-order valence-electron chi connectivity index (χ4n) is 0.718. The van der Waals surface area contributed by atoms with Gasteiger partial charge in [-0.3, -0.25) is 0 Å². The van der Waals surface area contributed by atoms with Crippen molar-refractivity contribution in [2.24, 2.45) is 0 Å². The molecule has 0 aromatic carbocycles. The largest absolute Gasteiger partial charge is 0.479 e. The number of esters is 1. The molecule has 0 rings (SSSR count). The number of carbonyl (C=O) groups excluding carboxylic acids is 1. The first-order valence-corrected chi connectivity index (χ1v) is 6.11. The number of hydrogen-bond donors (Lipinski definition) is 1. The van der Waals surface area contributed by atoms with E-state index in [1.54, 1.807) is 0 Å². The summed E-state index contributed by atoms with van der Waals surface area (Å²) in [5.41, 5.74) is 0.193. The van der Waals surface area contributed by atoms with Crippen molar-refractivity contribution in [3.63, 3.8) is 0 Å². The van der Waals surface area contributed by atoms with Crippen LogP contribution in [0.2, 0.25) is 0 Å². The smallest absolute Gasteiger partial charge is 0.344 e. The third kappa shape index (κ3) is 14.5. The molecule has 0 amide bonds. The van der Waals surface area contributed by atoms with Gasteiger partial charge < -0.3 is 19.3 Å². The summed E-state index contributed by atoms with van der Waals surface area (Å²) >= 11 is 0. The van der Waals surface area contributed by atoms with Gasteiger partial charge in [0.15, 0.2) is 6.10 Å². The SMILES string of the molecule is C=C(C)C(=O)OC(C)C(=O)O.CCOCCOCC. The molecule has 0 fully saturated rings. The van der Waals surface area contributed by atoms with Gasteiger partial charge in [0.1, 0.15) is 0 Å². The molecule has 0 aliphatic heterocycles. The number of carboxylic acid groups (broad SMARTS) is 1. The molecule has 19 heavy (non-hydrogen) atoms. The molecule has 0 aromatic rings. The normalized spacial score (nSPS) is 10.9. The number of ether oxygens (including phenoxy) is 3. The molecule has 1 atom stereocenters. The van der Waals surface area contributed by atoms with Crippen LogP contribution < -0.4 is 0 Å². The van der Waals surface area contributed by atoms with Gasteiger partial charge in [-0.05, 0) is 27.7 Å². The van der Waals surface area contributed by atoms with Gasteiger partial charge in [-0.25, -0.2) is 9.59 Å². The number of rotatable bonds is 8. The number of carboxylic acids is 1. The standard InChI is InChI=1S/C7H10O4.C6H14O2/c1-4(2)7(10)11-5(3)6(8)9;1-3-7-5-6-8-4-2/h5H,1H2,2-3H3,(H,8,9);3-6H2,1-2H3. The maximum Gasteiger partial charge on any atom is 0.344 e. The predicted octanol–water partition coefficient (Wildman–Crippen LogP) is 1.64. The van der Waals surface area contributed by atoms with Crippen molar-refractivity contribution in [3.8, 4) is 0 Å². The lowest BCUT2D eigenvalue weighted by atomic mass is 10.3. The molecular weight excluding hydrogens is 252 g/mol. The third-order valence-corrected chi connectivity index (χ3v) is 1.76. The number of carbonyl (C=O) groups is 2. The van der Waals surface area contributed by atoms with Crippen molar-refractivity contribution in [2.45, 2.75) is 33.8 Å². The number of hydrogen-bond acceptors (Lipinski definition) is 5. The molecule has 0 aliphatic rings. The minimum Gasteiger partial charge on any atom is -0.479 e. The second-order valence-electron chi connectivity index (χ2n) is 3.56. The third-order valence-electron chi connectivity index (χ3n) is 1.76. The zero-order valence-corrected chi connectivity index (χ0v) is 12.1. The minimum atomic E-state index is -1.17. The first-order chi connectivity index (χ1) is 8.86. The molecule has 0 saturated carbocycles. The highest BCUT2D eigenvalue weighted by Gasteiger charge is 2.15. The van der Waals surface area contributed by atoms with Gasteiger partial charge in [-0.15, -0.1) is 0 Å². The molecule has 1 unspecified atom stereocenters. The zero-order valence-electron chi connectivity index (χ0n) is 12.1. The van der Waals surface area contributed by atoms with Crippen LogP contribution in [0.1, 0.15) is 27.7 Å². The Morgan fingerprint density at radius 2 is 1.58 bits per heavy atom. The maximum atomic E-state index is 10.7. The van der Waals surface area contributed by atoms with Gasteiger partial charge >= 0.3 is 11.9 Å². The lowest BCUT2D eigenvalue weighted by Gasteiger charge is -2.07. The molecule has 0 aliphatic carbocycles. The van der Waals surface area contributed by atoms with Crippen molar-refractivity contribution < 1.29 is 28.9 Å². The highest BCUT2D eigenvalue weighted by Crippen LogP contribution is 1.97. The molecule has 0 aromatic heterocycles. The summed E-state index contributed by atoms with van der Waals surface area (Å²) in [6, 6.07) is 0. The van der Waals surface area contributed by atoms with Crippen molar-refractivity contribution in [2.75, 3.05) is 26.4 Å². The van der Waals surface area contributed by atoms with E-state index < -0.39 is 18.0 Å². The second kappa shape index (κ2) is 13.0. The zero-order chi connectivity index (χ0) is 15.3. The van der Waals surface area contributed by atoms with Gasteiger partial charge in [0, 0.05) is 18.8 Å². The molecule has 0 spiro atoms. The Morgan fingerprint density at radius 1 is 1.16 bits per heavy atom. The Bertz CT molecular complexity index is 268. The second-order valence-corrected chi connectivity index (χ2v) is 3.56. The Labute approximate surface area is 114 Å². The van der Waals surface area contributed by atoms with Crippen LogP contribution in [0, 0.1) is 0 Å². The molecule has 6 heteroatoms. The summed E-state index contributed by atoms with van der Waals surface area (Å²) in [4.78, 5) is 20.8. The van der Waals surface area contributed by atoms with Crippen LogP contribution in [0.15, 0.2) is 12.2 Å². The Kier molecular flexibility index (Phi) is 13.7. The highest BCUT2D eigenvalue weighted by molar-refractivity contribution is 5.89. The topological polar surface area (TPSA) is 82.1 Å². The van der Waals surface area contributed by atoms with E-state index in [4.69, 9.17) is 14.6 Å². The van der Waals surface area contributed by atoms with Crippen molar-refractivity contribution >= 4 is 11.9 Å². The molecule has 6 nitrogen and oxygen atoms in total. The van der Waals surface area contributed by atoms with E-state index in [-0.39, 0.29) is 5.57 Å². The average Bonchev–Trinajstić information content (AvgIpc) is 2.35. The monoisotopic (exact) mass is 276 g/mol. The van der Waals surface area contributed by atoms with Crippen molar-refractivity contribution in [1.82, 2.24) is 0 Å². The first kappa shape index (κ1) is 19.9. The van der Waals surface area contributed by atoms with Crippen LogP contribution in [0.4, 0.5) is 0 Å². The molecule has 0 heterocycles. The van der Waals surface area contributed by atoms with E-state index in [0.717, 1.165) is 26.4 Å². The molecule has 0 radical (unpaired) electrons. The van der Waals surface area contributed by atoms with Gasteiger partial charge in [0.2, 0.25) is 0 Å². The summed E-state index contributed by atoms with van der Waals surface area (Å²) < 4.78 is 14.5. The Morgan fingerprint density at radius 3 is 1.84 bits per heavy atom. The molecular formula is C13H24O6. The van der Waals surface area contributed by atoms with Gasteiger partial charge in [0.25, 0.3) is 0 Å². The molecule has 0 bridgehead atoms. The van der Waals surface area contributed by atoms with Crippen LogP contribution in [-0.4, -0.2) is 49.6 Å². The lowest BCUT2D eigenvalue weighted by molar-refractivity contribution is -0.159. The fourth-order valence-corrected chi connectivity index (χ4v) is 0.718. The van der Waals surface area contributed by atoms with Crippen molar-refractivity contribution in [3.05, 3.63) is 12.2 Å². The Balaban J connectivity index is 0. The minimum absolute atomic E-state index is 0.193. The van der Waals surface area contributed by atoms with Crippen LogP contribution in [0.5, 0.6) is 0 Å². The summed E-state index contributed by atoms with van der Waals surface area (Å²) in [5.74, 6) is -1.85. The van der Waals surface area contributed by atoms with Gasteiger partial charge in [-0.2, -0.15) is 0 Å². The van der Waals surface area contributed by atoms with E-state index in [2.05, 4.69) is 11.3 Å². The highest BCUT2D eigenvalue weighted by atomic mass is 16.6. The lowest BCUT2D eigenvalue weighted by Crippen LogP contribution is -2.23. The van der Waals surface area contributed by atoms with E-state index in [9.17, 15) is 9.59 Å². The number of aliphatic carboxylic acids is 1. The van der Waals surface area contributed by atoms with Gasteiger partial charge in [0.05, 0.1) is 13.2 Å². The maximum absolute atomic E-state index is 10.7. The van der Waals surface area contributed by atoms with E-state index >= 15 is 0 Å². The average molecular weight is 276 g/mol.